The lowest BCUT2D eigenvalue weighted by Gasteiger charge is -2.15. The zero-order valence-electron chi connectivity index (χ0n) is 70.4. The molecule has 129 heavy (non-hydrogen) atoms. The molecule has 0 radical (unpaired) electrons. The van der Waals surface area contributed by atoms with Crippen molar-refractivity contribution in [2.75, 3.05) is 80.9 Å². The summed E-state index contributed by atoms with van der Waals surface area (Å²) in [6, 6.07) is 37.7. The van der Waals surface area contributed by atoms with Crippen molar-refractivity contribution >= 4 is 105 Å². The predicted molar refractivity (Wildman–Crippen MR) is 452 cm³/mol. The Morgan fingerprint density at radius 3 is 0.899 bits per heavy atom. The number of nitrogens with zero attached hydrogens (tertiary/aromatic N) is 11. The van der Waals surface area contributed by atoms with E-state index in [9.17, 15) is 83.4 Å². The molecular weight excluding hydrogens is 1700 g/mol. The summed E-state index contributed by atoms with van der Waals surface area (Å²) in [4.78, 5) is 189. The highest BCUT2D eigenvalue weighted by Crippen LogP contribution is 2.34. The van der Waals surface area contributed by atoms with E-state index >= 15 is 0 Å². The maximum Gasteiger partial charge on any atom is 0.356 e. The van der Waals surface area contributed by atoms with Crippen LogP contribution in [-0.4, -0.2) is 185 Å². The molecule has 8 aromatic heterocycles. The summed E-state index contributed by atoms with van der Waals surface area (Å²) in [5, 5.41) is 65.2. The molecule has 7 N–H and O–H groups in total. The van der Waals surface area contributed by atoms with Crippen LogP contribution in [0.3, 0.4) is 0 Å². The number of methoxy groups -OCH3 is 3. The number of carbonyl (C=O) groups is 10. The van der Waals surface area contributed by atoms with Crippen LogP contribution >= 0.6 is 0 Å². The molecule has 45 heteroatoms. The average Bonchev–Trinajstić information content (AvgIpc) is 0.822. The second-order valence-corrected chi connectivity index (χ2v) is 27.5. The second-order valence-electron chi connectivity index (χ2n) is 27.5. The third-order valence-corrected chi connectivity index (χ3v) is 16.3. The van der Waals surface area contributed by atoms with E-state index in [1.165, 1.54) is 80.9 Å². The van der Waals surface area contributed by atoms with E-state index in [0.717, 1.165) is 49.4 Å². The van der Waals surface area contributed by atoms with Gasteiger partial charge in [-0.05, 0) is 122 Å². The fourth-order valence-electron chi connectivity index (χ4n) is 10.2. The number of aromatic nitrogens is 8. The third kappa shape index (κ3) is 29.3. The van der Waals surface area contributed by atoms with Gasteiger partial charge in [-0.25, -0.2) is 63.8 Å². The highest BCUT2D eigenvalue weighted by Gasteiger charge is 2.29. The van der Waals surface area contributed by atoms with E-state index in [-0.39, 0.29) is 165 Å². The standard InChI is InChI=1S/C40H36N8O15.C24H24N4O7.C20H24N4O7/c1-3-4-18-60-39-30(48(57)58)17-16-25(46-39)35(55)41-26-12-10-23(44-36(26)61-19-22-8-6-5-7-9-22)33(53)42-27-13-11-24(45-37(27)62-20-31(49)50)34(54)43-28-14-15-29(40(56)59-2)47-38(28)63-21-32(51)52;1-15(2)13-34-22-18(9-10-19(27-22)24(30)33-3)25-21(29)17-11-12-20(28(31)32)23(26-17)35-14-16-7-5-4-6-8-16;1-11(2)10-30-18-14(6-7-15(23-18)20(26)29-5)21-17(25)13-8-9-16(24(27)28)19(22-13)31-12(3)4/h5-17H,3-4,18-21H2,1-2H3,(H,41,55)(H,42,53)(H,43,54)(H,49,50)(H,51,52);4-12,15H,13-14H2,1-3H3,(H,25,29);6-9,11-12H,10H2,1-5H3,(H,21,25). The quantitative estimate of drug-likeness (QED) is 0.00616. The minimum atomic E-state index is -1.43. The molecule has 2 aromatic carbocycles. The lowest BCUT2D eigenvalue weighted by atomic mass is 10.2. The van der Waals surface area contributed by atoms with Gasteiger partial charge in [-0.1, -0.05) is 102 Å². The van der Waals surface area contributed by atoms with E-state index in [1.54, 1.807) is 56.3 Å². The fraction of sp³-hybridized carbons (Fsp3) is 0.262. The molecule has 8 heterocycles. The van der Waals surface area contributed by atoms with Crippen molar-refractivity contribution in [2.45, 2.75) is 80.6 Å². The molecule has 5 amide bonds. The molecule has 0 saturated carbocycles. The van der Waals surface area contributed by atoms with Crippen molar-refractivity contribution in [3.05, 3.63) is 245 Å². The molecular formula is C84H84N16O29. The molecule has 0 atom stereocenters. The number of ether oxygens (including phenoxy) is 11. The van der Waals surface area contributed by atoms with E-state index in [4.69, 9.17) is 43.0 Å². The summed E-state index contributed by atoms with van der Waals surface area (Å²) >= 11 is 0. The fourth-order valence-corrected chi connectivity index (χ4v) is 10.2. The van der Waals surface area contributed by atoms with Crippen molar-refractivity contribution in [3.63, 3.8) is 0 Å². The molecule has 0 bridgehead atoms. The Hall–Kier alpha value is -17.1. The Kier molecular flexibility index (Phi) is 35.9. The second kappa shape index (κ2) is 47.5. The van der Waals surface area contributed by atoms with Crippen molar-refractivity contribution in [3.8, 4) is 47.0 Å². The van der Waals surface area contributed by atoms with E-state index in [1.807, 2.05) is 52.8 Å². The van der Waals surface area contributed by atoms with Crippen molar-refractivity contribution in [1.29, 1.82) is 0 Å². The van der Waals surface area contributed by atoms with Crippen LogP contribution in [0, 0.1) is 42.2 Å². The maximum atomic E-state index is 13.7. The van der Waals surface area contributed by atoms with Crippen LogP contribution in [0.5, 0.6) is 47.0 Å². The number of unbranched alkanes of at least 4 members (excludes halogenated alkanes) is 1. The van der Waals surface area contributed by atoms with E-state index < -0.39 is 105 Å². The van der Waals surface area contributed by atoms with Crippen LogP contribution in [0.4, 0.5) is 45.5 Å². The van der Waals surface area contributed by atoms with Gasteiger partial charge in [-0.3, -0.25) is 54.3 Å². The van der Waals surface area contributed by atoms with Gasteiger partial charge in [0.15, 0.2) is 30.3 Å². The van der Waals surface area contributed by atoms with Crippen LogP contribution in [-0.2, 0) is 37.0 Å². The third-order valence-electron chi connectivity index (χ3n) is 16.3. The molecule has 45 nitrogen and oxygen atoms in total. The molecule has 10 rings (SSSR count). The maximum absolute atomic E-state index is 13.7. The van der Waals surface area contributed by atoms with Gasteiger partial charge in [-0.15, -0.1) is 0 Å². The number of carbonyl (C=O) groups excluding carboxylic acids is 8. The van der Waals surface area contributed by atoms with Gasteiger partial charge < -0.3 is 88.9 Å². The average molecular weight is 1780 g/mol. The SMILES string of the molecule is CCCCOc1nc(C(=O)Nc2ccc(C(=O)Nc3ccc(C(=O)Nc4ccc(C(=O)OC)nc4OCC(=O)O)nc3OCC(=O)O)nc2OCc2ccccc2)ccc1[N+](=O)[O-].COC(=O)c1ccc(NC(=O)c2ccc([N+](=O)[O-])c(OC(C)C)n2)c(OCC(C)C)n1.COC(=O)c1ccc(NC(=O)c2ccc([N+](=O)[O-])c(OCc3ccccc3)n2)c(OCC(C)C)n1. The topological polar surface area (TPSA) is 605 Å². The molecule has 674 valence electrons. The molecule has 0 fully saturated rings. The molecule has 0 spiro atoms. The monoisotopic (exact) mass is 1780 g/mol. The molecule has 0 aliphatic heterocycles. The number of carboxylic acids is 2. The van der Waals surface area contributed by atoms with Gasteiger partial charge in [0.1, 0.15) is 70.1 Å². The van der Waals surface area contributed by atoms with Gasteiger partial charge >= 0.3 is 46.9 Å². The van der Waals surface area contributed by atoms with Gasteiger partial charge in [-0.2, -0.15) is 0 Å². The summed E-state index contributed by atoms with van der Waals surface area (Å²) in [6.45, 7) is 11.8. The summed E-state index contributed by atoms with van der Waals surface area (Å²) in [7, 11) is 3.55. The summed E-state index contributed by atoms with van der Waals surface area (Å²) in [5.74, 6) is -10.7. The zero-order chi connectivity index (χ0) is 94.0. The molecule has 0 unspecified atom stereocenters. The van der Waals surface area contributed by atoms with Crippen LogP contribution in [0.1, 0.15) is 156 Å². The molecule has 0 aliphatic rings. The number of amides is 5. The normalized spacial score (nSPS) is 10.5. The van der Waals surface area contributed by atoms with Gasteiger partial charge in [0, 0.05) is 18.2 Å². The minimum Gasteiger partial charge on any atom is -0.479 e. The van der Waals surface area contributed by atoms with Crippen molar-refractivity contribution in [1.82, 2.24) is 39.9 Å². The Labute approximate surface area is 732 Å². The van der Waals surface area contributed by atoms with Gasteiger partial charge in [0.05, 0.1) is 62.0 Å². The number of hydrogen-bond acceptors (Lipinski definition) is 35. The Morgan fingerprint density at radius 2 is 0.605 bits per heavy atom. The number of hydrogen-bond donors (Lipinski definition) is 7. The number of esters is 3. The Bertz CT molecular complexity index is 5770. The largest absolute Gasteiger partial charge is 0.479 e. The smallest absolute Gasteiger partial charge is 0.356 e. The van der Waals surface area contributed by atoms with Crippen LogP contribution in [0.25, 0.3) is 0 Å². The Balaban J connectivity index is 0.000000262. The minimum absolute atomic E-state index is 0.00862. The lowest BCUT2D eigenvalue weighted by Crippen LogP contribution is -2.20. The number of benzene rings is 2. The molecule has 0 saturated heterocycles. The Morgan fingerprint density at radius 1 is 0.341 bits per heavy atom. The van der Waals surface area contributed by atoms with Gasteiger partial charge in [0.2, 0.25) is 29.4 Å². The summed E-state index contributed by atoms with van der Waals surface area (Å²) < 4.78 is 58.0. The van der Waals surface area contributed by atoms with E-state index in [0.29, 0.717) is 18.6 Å². The first kappa shape index (κ1) is 97.4. The number of nitrogens with one attached hydrogen (secondary N) is 5. The first-order valence-corrected chi connectivity index (χ1v) is 38.6. The van der Waals surface area contributed by atoms with Crippen molar-refractivity contribution < 1.29 is 125 Å². The zero-order valence-corrected chi connectivity index (χ0v) is 70.4. The molecule has 10 aromatic rings. The first-order valence-electron chi connectivity index (χ1n) is 38.6. The van der Waals surface area contributed by atoms with Crippen LogP contribution in [0.2, 0.25) is 0 Å². The summed E-state index contributed by atoms with van der Waals surface area (Å²) in [5.41, 5.74) is -1.05. The van der Waals surface area contributed by atoms with Crippen LogP contribution in [0.15, 0.2) is 158 Å². The predicted octanol–water partition coefficient (Wildman–Crippen LogP) is 11.7. The molecule has 0 aliphatic carbocycles. The van der Waals surface area contributed by atoms with Crippen molar-refractivity contribution in [2.24, 2.45) is 11.8 Å². The number of pyridine rings is 8. The summed E-state index contributed by atoms with van der Waals surface area (Å²) in [6.07, 6.45) is 0.954. The lowest BCUT2D eigenvalue weighted by molar-refractivity contribution is -0.386. The van der Waals surface area contributed by atoms with Gasteiger partial charge in [0.25, 0.3) is 47.2 Å². The number of nitro groups is 3. The van der Waals surface area contributed by atoms with Crippen LogP contribution < -0.4 is 64.5 Å². The number of anilines is 5. The number of aliphatic carboxylic acids is 2. The van der Waals surface area contributed by atoms with E-state index in [2.05, 4.69) is 80.7 Å². The highest BCUT2D eigenvalue weighted by molar-refractivity contribution is 6.08. The number of rotatable bonds is 40. The first-order chi connectivity index (χ1) is 61.6. The number of carboxylic acid groups (broad SMARTS) is 2. The highest BCUT2D eigenvalue weighted by atomic mass is 16.6.